The molecule has 2 aromatic rings. The van der Waals surface area contributed by atoms with E-state index in [1.807, 2.05) is 45.0 Å². The largest absolute Gasteiger partial charge is 0.488 e. The smallest absolute Gasteiger partial charge is 0.312 e. The first-order valence-corrected chi connectivity index (χ1v) is 8.20. The van der Waals surface area contributed by atoms with Crippen LogP contribution in [0.15, 0.2) is 36.4 Å². The van der Waals surface area contributed by atoms with E-state index < -0.39 is 11.9 Å². The molecule has 0 radical (unpaired) electrons. The van der Waals surface area contributed by atoms with Gasteiger partial charge in [-0.1, -0.05) is 23.7 Å². The first-order valence-electron chi connectivity index (χ1n) is 7.00. The summed E-state index contributed by atoms with van der Waals surface area (Å²) >= 11 is 7.22. The summed E-state index contributed by atoms with van der Waals surface area (Å²) in [5.74, 6) is -0.636. The molecule has 0 aliphatic rings. The van der Waals surface area contributed by atoms with Crippen LogP contribution >= 0.6 is 22.9 Å². The minimum atomic E-state index is -0.839. The van der Waals surface area contributed by atoms with Gasteiger partial charge in [-0.15, -0.1) is 11.3 Å². The van der Waals surface area contributed by atoms with E-state index >= 15 is 0 Å². The molecule has 2 rings (SSSR count). The Kier molecular flexibility index (Phi) is 5.14. The van der Waals surface area contributed by atoms with Crippen LogP contribution in [0.25, 0.3) is 0 Å². The molecule has 1 unspecified atom stereocenters. The van der Waals surface area contributed by atoms with Gasteiger partial charge in [0.1, 0.15) is 11.4 Å². The predicted molar refractivity (Wildman–Crippen MR) is 90.2 cm³/mol. The Balaban J connectivity index is 2.12. The number of halogens is 1. The van der Waals surface area contributed by atoms with Gasteiger partial charge in [-0.2, -0.15) is 0 Å². The van der Waals surface area contributed by atoms with Crippen LogP contribution in [0, 0.1) is 0 Å². The van der Waals surface area contributed by atoms with Crippen LogP contribution in [-0.2, 0) is 11.2 Å². The van der Waals surface area contributed by atoms with E-state index in [1.165, 1.54) is 11.3 Å². The second-order valence-electron chi connectivity index (χ2n) is 6.10. The molecule has 3 nitrogen and oxygen atoms in total. The Morgan fingerprint density at radius 2 is 1.86 bits per heavy atom. The molecule has 0 saturated carbocycles. The Labute approximate surface area is 139 Å². The van der Waals surface area contributed by atoms with Crippen molar-refractivity contribution in [2.45, 2.75) is 38.7 Å². The Morgan fingerprint density at radius 1 is 1.23 bits per heavy atom. The molecule has 0 saturated heterocycles. The number of carboxylic acid groups (broad SMARTS) is 1. The minimum absolute atomic E-state index is 0.251. The summed E-state index contributed by atoms with van der Waals surface area (Å²) < 4.78 is 6.37. The number of carboxylic acids is 1. The van der Waals surface area contributed by atoms with Gasteiger partial charge in [-0.3, -0.25) is 4.79 Å². The van der Waals surface area contributed by atoms with Crippen molar-refractivity contribution in [3.8, 4) is 5.75 Å². The molecule has 1 atom stereocenters. The molecule has 1 aromatic carbocycles. The molecular formula is C17H19ClO3S. The summed E-state index contributed by atoms with van der Waals surface area (Å²) in [4.78, 5) is 12.3. The van der Waals surface area contributed by atoms with Crippen molar-refractivity contribution in [2.24, 2.45) is 0 Å². The van der Waals surface area contributed by atoms with E-state index in [0.717, 1.165) is 16.2 Å². The molecule has 0 amide bonds. The molecule has 0 aliphatic carbocycles. The number of hydrogen-bond acceptors (Lipinski definition) is 3. The summed E-state index contributed by atoms with van der Waals surface area (Å²) in [5.41, 5.74) is 0.705. The third kappa shape index (κ3) is 4.75. The number of ether oxygens (including phenoxy) is 1. The lowest BCUT2D eigenvalue weighted by atomic mass is 9.98. The molecule has 1 aromatic heterocycles. The molecule has 0 fully saturated rings. The number of thiophene rings is 1. The fourth-order valence-corrected chi connectivity index (χ4v) is 3.26. The van der Waals surface area contributed by atoms with Gasteiger partial charge >= 0.3 is 5.97 Å². The molecule has 22 heavy (non-hydrogen) atoms. The molecule has 1 N–H and O–H groups in total. The second-order valence-corrected chi connectivity index (χ2v) is 7.84. The van der Waals surface area contributed by atoms with Gasteiger partial charge in [0.15, 0.2) is 0 Å². The number of benzene rings is 1. The molecule has 1 heterocycles. The maximum Gasteiger partial charge on any atom is 0.312 e. The molecular weight excluding hydrogens is 320 g/mol. The highest BCUT2D eigenvalue weighted by atomic mass is 35.5. The van der Waals surface area contributed by atoms with E-state index in [-0.39, 0.29) is 5.60 Å². The van der Waals surface area contributed by atoms with Crippen molar-refractivity contribution in [1.82, 2.24) is 0 Å². The highest BCUT2D eigenvalue weighted by Crippen LogP contribution is 2.31. The zero-order chi connectivity index (χ0) is 16.3. The summed E-state index contributed by atoms with van der Waals surface area (Å²) in [6, 6.07) is 11.1. The monoisotopic (exact) mass is 338 g/mol. The van der Waals surface area contributed by atoms with Crippen LogP contribution in [-0.4, -0.2) is 16.7 Å². The van der Waals surface area contributed by atoms with Gasteiger partial charge in [0.25, 0.3) is 0 Å². The Hall–Kier alpha value is -1.52. The van der Waals surface area contributed by atoms with Gasteiger partial charge < -0.3 is 9.84 Å². The van der Waals surface area contributed by atoms with Crippen molar-refractivity contribution in [3.63, 3.8) is 0 Å². The van der Waals surface area contributed by atoms with Gasteiger partial charge in [0, 0.05) is 4.88 Å². The van der Waals surface area contributed by atoms with Crippen LogP contribution in [0.5, 0.6) is 5.75 Å². The quantitative estimate of drug-likeness (QED) is 0.835. The van der Waals surface area contributed by atoms with Crippen molar-refractivity contribution in [2.75, 3.05) is 0 Å². The lowest BCUT2D eigenvalue weighted by Crippen LogP contribution is -2.22. The van der Waals surface area contributed by atoms with Gasteiger partial charge in [0.2, 0.25) is 0 Å². The first kappa shape index (κ1) is 16.8. The molecule has 0 aliphatic heterocycles. The lowest BCUT2D eigenvalue weighted by molar-refractivity contribution is -0.138. The van der Waals surface area contributed by atoms with Crippen LogP contribution in [0.1, 0.15) is 37.1 Å². The summed E-state index contributed by atoms with van der Waals surface area (Å²) in [6.07, 6.45) is 0.433. The highest BCUT2D eigenvalue weighted by molar-refractivity contribution is 7.16. The summed E-state index contributed by atoms with van der Waals surface area (Å²) in [6.45, 7) is 5.96. The molecule has 5 heteroatoms. The molecule has 0 bridgehead atoms. The third-order valence-corrected chi connectivity index (χ3v) is 4.37. The highest BCUT2D eigenvalue weighted by Gasteiger charge is 2.22. The van der Waals surface area contributed by atoms with E-state index in [2.05, 4.69) is 0 Å². The fraction of sp³-hybridized carbons (Fsp3) is 0.353. The van der Waals surface area contributed by atoms with Crippen LogP contribution in [0.2, 0.25) is 4.34 Å². The summed E-state index contributed by atoms with van der Waals surface area (Å²) in [5, 5.41) is 9.44. The van der Waals surface area contributed by atoms with Crippen molar-refractivity contribution < 1.29 is 14.6 Å². The van der Waals surface area contributed by atoms with E-state index in [1.54, 1.807) is 12.1 Å². The van der Waals surface area contributed by atoms with E-state index in [9.17, 15) is 9.90 Å². The maximum atomic E-state index is 11.5. The zero-order valence-corrected chi connectivity index (χ0v) is 14.4. The third-order valence-electron chi connectivity index (χ3n) is 3.02. The van der Waals surface area contributed by atoms with Crippen molar-refractivity contribution in [3.05, 3.63) is 51.2 Å². The van der Waals surface area contributed by atoms with Crippen LogP contribution in [0.3, 0.4) is 0 Å². The number of rotatable bonds is 5. The minimum Gasteiger partial charge on any atom is -0.488 e. The number of carbonyl (C=O) groups is 1. The first-order chi connectivity index (χ1) is 10.2. The van der Waals surface area contributed by atoms with Crippen LogP contribution in [0.4, 0.5) is 0 Å². The summed E-state index contributed by atoms with van der Waals surface area (Å²) in [7, 11) is 0. The predicted octanol–water partition coefficient (Wildman–Crippen LogP) is 4.99. The van der Waals surface area contributed by atoms with Gasteiger partial charge in [0.05, 0.1) is 10.3 Å². The Bertz CT molecular complexity index is 641. The number of aliphatic carboxylic acids is 1. The maximum absolute atomic E-state index is 11.5. The second kappa shape index (κ2) is 6.71. The SMILES string of the molecule is CC(C)(C)Oc1ccc(CC(C(=O)O)c2ccc(Cl)s2)cc1. The average molecular weight is 339 g/mol. The Morgan fingerprint density at radius 3 is 2.32 bits per heavy atom. The van der Waals surface area contributed by atoms with Crippen LogP contribution < -0.4 is 4.74 Å². The topological polar surface area (TPSA) is 46.5 Å². The molecule has 118 valence electrons. The zero-order valence-electron chi connectivity index (χ0n) is 12.8. The van der Waals surface area contributed by atoms with Gasteiger partial charge in [-0.05, 0) is 57.0 Å². The van der Waals surface area contributed by atoms with Crippen molar-refractivity contribution in [1.29, 1.82) is 0 Å². The normalized spacial score (nSPS) is 12.9. The standard InChI is InChI=1S/C17H19ClO3S/c1-17(2,3)21-12-6-4-11(5-7-12)10-13(16(19)20)14-8-9-15(18)22-14/h4-9,13H,10H2,1-3H3,(H,19,20). The van der Waals surface area contributed by atoms with Gasteiger partial charge in [-0.25, -0.2) is 0 Å². The fourth-order valence-electron chi connectivity index (χ4n) is 2.11. The molecule has 0 spiro atoms. The lowest BCUT2D eigenvalue weighted by Gasteiger charge is -2.21. The number of hydrogen-bond donors (Lipinski definition) is 1. The average Bonchev–Trinajstić information content (AvgIpc) is 2.82. The van der Waals surface area contributed by atoms with E-state index in [0.29, 0.717) is 10.8 Å². The van der Waals surface area contributed by atoms with Crippen molar-refractivity contribution >= 4 is 28.9 Å². The van der Waals surface area contributed by atoms with E-state index in [4.69, 9.17) is 16.3 Å².